The largest absolute Gasteiger partial charge is 0.427 e. The molecule has 0 aromatic heterocycles. The Kier molecular flexibility index (Phi) is 15.0. The van der Waals surface area contributed by atoms with Gasteiger partial charge < -0.3 is 4.74 Å². The molecule has 0 unspecified atom stereocenters. The highest BCUT2D eigenvalue weighted by Crippen LogP contribution is 2.16. The number of esters is 1. The Hall–Kier alpha value is -1.66. The Morgan fingerprint density at radius 2 is 1.29 bits per heavy atom. The fourth-order valence-electron chi connectivity index (χ4n) is 3.40. The van der Waals surface area contributed by atoms with Gasteiger partial charge in [0.2, 0.25) is 0 Å². The van der Waals surface area contributed by atoms with Crippen LogP contribution in [0.15, 0.2) is 41.3 Å². The van der Waals surface area contributed by atoms with E-state index in [4.69, 9.17) is 9.29 Å². The third kappa shape index (κ3) is 14.9. The monoisotopic (exact) mass is 452 g/mol. The first-order chi connectivity index (χ1) is 14.9. The number of hydrogen-bond acceptors (Lipinski definition) is 4. The summed E-state index contributed by atoms with van der Waals surface area (Å²) < 4.78 is 36.1. The molecule has 1 aromatic rings. The summed E-state index contributed by atoms with van der Waals surface area (Å²) in [5.41, 5.74) is 0. The maximum Gasteiger partial charge on any atom is 0.311 e. The minimum atomic E-state index is -4.24. The lowest BCUT2D eigenvalue weighted by molar-refractivity contribution is -0.134. The molecule has 0 aliphatic heterocycles. The molecule has 1 N–H and O–H groups in total. The fourth-order valence-corrected chi connectivity index (χ4v) is 3.88. The van der Waals surface area contributed by atoms with Crippen LogP contribution in [-0.2, 0) is 14.9 Å². The normalized spacial score (nSPS) is 11.8. The summed E-state index contributed by atoms with van der Waals surface area (Å²) in [4.78, 5) is 11.6. The van der Waals surface area contributed by atoms with E-state index in [2.05, 4.69) is 13.0 Å². The lowest BCUT2D eigenvalue weighted by Gasteiger charge is -2.04. The quantitative estimate of drug-likeness (QED) is 0.0833. The van der Waals surface area contributed by atoms with Crippen LogP contribution in [-0.4, -0.2) is 18.9 Å². The van der Waals surface area contributed by atoms with E-state index in [0.29, 0.717) is 6.42 Å². The third-order valence-electron chi connectivity index (χ3n) is 5.26. The Bertz CT molecular complexity index is 723. The Balaban J connectivity index is 1.96. The van der Waals surface area contributed by atoms with Crippen molar-refractivity contribution < 1.29 is 22.5 Å². The molecule has 31 heavy (non-hydrogen) atoms. The highest BCUT2D eigenvalue weighted by molar-refractivity contribution is 7.85. The summed E-state index contributed by atoms with van der Waals surface area (Å²) in [6, 6.07) is 5.11. The van der Waals surface area contributed by atoms with Gasteiger partial charge in [0.1, 0.15) is 5.75 Å². The Morgan fingerprint density at radius 1 is 0.806 bits per heavy atom. The number of hydrogen-bond donors (Lipinski definition) is 1. The van der Waals surface area contributed by atoms with Crippen LogP contribution < -0.4 is 4.74 Å². The van der Waals surface area contributed by atoms with Gasteiger partial charge in [-0.2, -0.15) is 8.42 Å². The van der Waals surface area contributed by atoms with E-state index < -0.39 is 10.1 Å². The minimum Gasteiger partial charge on any atom is -0.427 e. The highest BCUT2D eigenvalue weighted by atomic mass is 32.2. The molecule has 0 radical (unpaired) electrons. The second-order valence-electron chi connectivity index (χ2n) is 8.11. The first-order valence-electron chi connectivity index (χ1n) is 11.9. The number of carbonyl (C=O) groups excluding carboxylic acids is 1. The Morgan fingerprint density at radius 3 is 1.81 bits per heavy atom. The van der Waals surface area contributed by atoms with Crippen LogP contribution in [0.3, 0.4) is 0 Å². The van der Waals surface area contributed by atoms with Gasteiger partial charge in [-0.3, -0.25) is 9.35 Å². The van der Waals surface area contributed by atoms with Crippen LogP contribution in [0, 0.1) is 0 Å². The SMILES string of the molecule is CCCCCCCCCCCCCCC=CCCC(=O)Oc1ccc(S(=O)(=O)O)cc1. The zero-order valence-corrected chi connectivity index (χ0v) is 19.9. The molecule has 0 aliphatic rings. The van der Waals surface area contributed by atoms with E-state index in [0.717, 1.165) is 6.42 Å². The summed E-state index contributed by atoms with van der Waals surface area (Å²) in [5.74, 6) is -0.104. The molecular formula is C25H40O5S. The molecular weight excluding hydrogens is 412 g/mol. The highest BCUT2D eigenvalue weighted by Gasteiger charge is 2.10. The van der Waals surface area contributed by atoms with Gasteiger partial charge in [-0.1, -0.05) is 89.7 Å². The van der Waals surface area contributed by atoms with Crippen molar-refractivity contribution in [1.29, 1.82) is 0 Å². The second kappa shape index (κ2) is 17.0. The summed E-state index contributed by atoms with van der Waals surface area (Å²) in [6.07, 6.45) is 22.3. The zero-order valence-electron chi connectivity index (χ0n) is 19.1. The molecule has 176 valence electrons. The molecule has 0 aliphatic carbocycles. The summed E-state index contributed by atoms with van der Waals surface area (Å²) in [5, 5.41) is 0. The van der Waals surface area contributed by atoms with E-state index in [-0.39, 0.29) is 23.0 Å². The first-order valence-corrected chi connectivity index (χ1v) is 13.3. The van der Waals surface area contributed by atoms with Gasteiger partial charge in [-0.05, 0) is 43.5 Å². The number of rotatable bonds is 18. The lowest BCUT2D eigenvalue weighted by Crippen LogP contribution is -2.07. The van der Waals surface area contributed by atoms with Crippen LogP contribution in [0.2, 0.25) is 0 Å². The van der Waals surface area contributed by atoms with Crippen LogP contribution >= 0.6 is 0 Å². The molecule has 1 aromatic carbocycles. The van der Waals surface area contributed by atoms with Gasteiger partial charge in [0.25, 0.3) is 10.1 Å². The topological polar surface area (TPSA) is 80.7 Å². The maximum absolute atomic E-state index is 11.8. The predicted octanol–water partition coefficient (Wildman–Crippen LogP) is 7.27. The summed E-state index contributed by atoms with van der Waals surface area (Å²) >= 11 is 0. The molecule has 6 heteroatoms. The molecule has 1 rings (SSSR count). The number of benzene rings is 1. The van der Waals surface area contributed by atoms with Crippen molar-refractivity contribution in [2.24, 2.45) is 0 Å². The Labute approximate surface area is 189 Å². The minimum absolute atomic E-state index is 0.229. The van der Waals surface area contributed by atoms with Crippen molar-refractivity contribution in [3.8, 4) is 5.75 Å². The summed E-state index contributed by atoms with van der Waals surface area (Å²) in [6.45, 7) is 2.26. The van der Waals surface area contributed by atoms with Crippen molar-refractivity contribution in [2.45, 2.75) is 108 Å². The van der Waals surface area contributed by atoms with Crippen LogP contribution in [0.1, 0.15) is 103 Å². The first kappa shape index (κ1) is 27.4. The average molecular weight is 453 g/mol. The average Bonchev–Trinajstić information content (AvgIpc) is 2.73. The van der Waals surface area contributed by atoms with Crippen LogP contribution in [0.4, 0.5) is 0 Å². The molecule has 0 fully saturated rings. The van der Waals surface area contributed by atoms with Crippen molar-refractivity contribution in [3.05, 3.63) is 36.4 Å². The van der Waals surface area contributed by atoms with Crippen molar-refractivity contribution in [2.75, 3.05) is 0 Å². The third-order valence-corrected chi connectivity index (χ3v) is 6.13. The lowest BCUT2D eigenvalue weighted by atomic mass is 10.0. The molecule has 0 spiro atoms. The number of carbonyl (C=O) groups is 1. The van der Waals surface area contributed by atoms with Crippen LogP contribution in [0.5, 0.6) is 5.75 Å². The predicted molar refractivity (Wildman–Crippen MR) is 126 cm³/mol. The van der Waals surface area contributed by atoms with E-state index >= 15 is 0 Å². The van der Waals surface area contributed by atoms with Crippen molar-refractivity contribution >= 4 is 16.1 Å². The zero-order chi connectivity index (χ0) is 22.8. The van der Waals surface area contributed by atoms with Gasteiger partial charge in [0.05, 0.1) is 4.90 Å². The fraction of sp³-hybridized carbons (Fsp3) is 0.640. The van der Waals surface area contributed by atoms with Gasteiger partial charge in [-0.15, -0.1) is 0 Å². The van der Waals surface area contributed by atoms with Crippen molar-refractivity contribution in [3.63, 3.8) is 0 Å². The van der Waals surface area contributed by atoms with Gasteiger partial charge in [-0.25, -0.2) is 0 Å². The van der Waals surface area contributed by atoms with Gasteiger partial charge in [0.15, 0.2) is 0 Å². The number of ether oxygens (including phenoxy) is 1. The smallest absolute Gasteiger partial charge is 0.311 e. The van der Waals surface area contributed by atoms with E-state index in [1.54, 1.807) is 0 Å². The van der Waals surface area contributed by atoms with Crippen molar-refractivity contribution in [1.82, 2.24) is 0 Å². The number of allylic oxidation sites excluding steroid dienone is 2. The molecule has 0 saturated heterocycles. The maximum atomic E-state index is 11.8. The van der Waals surface area contributed by atoms with Gasteiger partial charge >= 0.3 is 5.97 Å². The van der Waals surface area contributed by atoms with E-state index in [9.17, 15) is 13.2 Å². The number of unbranched alkanes of at least 4 members (excludes halogenated alkanes) is 12. The second-order valence-corrected chi connectivity index (χ2v) is 9.53. The molecule has 0 saturated carbocycles. The molecule has 5 nitrogen and oxygen atoms in total. The van der Waals surface area contributed by atoms with Gasteiger partial charge in [0, 0.05) is 6.42 Å². The summed E-state index contributed by atoms with van der Waals surface area (Å²) in [7, 11) is -4.24. The molecule has 0 atom stereocenters. The standard InChI is InChI=1S/C25H40O5S/c1-2-3-4-5-6-7-8-9-10-11-12-13-14-15-16-17-18-25(26)30-23-19-21-24(22-20-23)31(27,28)29/h15-16,19-22H,2-14,17-18H2,1H3,(H,27,28,29). The van der Waals surface area contributed by atoms with Crippen LogP contribution in [0.25, 0.3) is 0 Å². The van der Waals surface area contributed by atoms with E-state index in [1.165, 1.54) is 101 Å². The van der Waals surface area contributed by atoms with E-state index in [1.807, 2.05) is 6.08 Å². The molecule has 0 heterocycles. The molecule has 0 amide bonds. The molecule has 0 bridgehead atoms.